The minimum atomic E-state index is -4.77. The molecule has 0 spiro atoms. The van der Waals surface area contributed by atoms with E-state index in [0.29, 0.717) is 12.7 Å². The Hall–Kier alpha value is -2.82. The van der Waals surface area contributed by atoms with Gasteiger partial charge in [0.1, 0.15) is 11.6 Å². The molecule has 1 aliphatic heterocycles. The fourth-order valence-corrected chi connectivity index (χ4v) is 4.21. The van der Waals surface area contributed by atoms with E-state index in [4.69, 9.17) is 4.74 Å². The molecule has 6 nitrogen and oxygen atoms in total. The standard InChI is InChI=1S/C23H26F4N2O4S/c1-15(2)14-33-21-7-5-17(34(3,31)32)13-18(21)22(30)29-10-8-28(9-11-29)16-4-6-19(20(24)12-16)23(25,26)27/h4-7,12-13,15H,8-11,14H2,1-3H3. The number of amides is 1. The molecular weight excluding hydrogens is 476 g/mol. The van der Waals surface area contributed by atoms with Crippen LogP contribution in [-0.2, 0) is 16.0 Å². The lowest BCUT2D eigenvalue weighted by atomic mass is 10.1. The molecule has 34 heavy (non-hydrogen) atoms. The number of anilines is 1. The molecule has 1 fully saturated rings. The van der Waals surface area contributed by atoms with Crippen LogP contribution in [0.1, 0.15) is 29.8 Å². The zero-order valence-electron chi connectivity index (χ0n) is 19.0. The van der Waals surface area contributed by atoms with Crippen molar-refractivity contribution in [3.8, 4) is 5.75 Å². The van der Waals surface area contributed by atoms with Gasteiger partial charge in [0.25, 0.3) is 5.91 Å². The minimum absolute atomic E-state index is 0.00777. The number of piperazine rings is 1. The van der Waals surface area contributed by atoms with Crippen LogP contribution in [0, 0.1) is 11.7 Å². The second-order valence-electron chi connectivity index (χ2n) is 8.58. The molecular formula is C23H26F4N2O4S. The molecule has 0 saturated carbocycles. The first kappa shape index (κ1) is 25.8. The van der Waals surface area contributed by atoms with Gasteiger partial charge in [0.2, 0.25) is 0 Å². The van der Waals surface area contributed by atoms with Crippen molar-refractivity contribution in [2.45, 2.75) is 24.9 Å². The molecule has 0 aromatic heterocycles. The maximum absolute atomic E-state index is 14.0. The Morgan fingerprint density at radius 3 is 2.24 bits per heavy atom. The van der Waals surface area contributed by atoms with Gasteiger partial charge in [-0.05, 0) is 42.3 Å². The van der Waals surface area contributed by atoms with Crippen molar-refractivity contribution < 1.29 is 35.5 Å². The summed E-state index contributed by atoms with van der Waals surface area (Å²) >= 11 is 0. The van der Waals surface area contributed by atoms with E-state index in [0.717, 1.165) is 12.3 Å². The van der Waals surface area contributed by atoms with E-state index in [-0.39, 0.29) is 54.0 Å². The smallest absolute Gasteiger partial charge is 0.419 e. The van der Waals surface area contributed by atoms with E-state index >= 15 is 0 Å². The number of sulfone groups is 1. The molecule has 2 aromatic carbocycles. The van der Waals surface area contributed by atoms with Crippen LogP contribution in [0.4, 0.5) is 23.2 Å². The number of hydrogen-bond donors (Lipinski definition) is 0. The average molecular weight is 503 g/mol. The molecule has 1 heterocycles. The minimum Gasteiger partial charge on any atom is -0.492 e. The van der Waals surface area contributed by atoms with Gasteiger partial charge in [0.05, 0.1) is 22.6 Å². The Kier molecular flexibility index (Phi) is 7.44. The fourth-order valence-electron chi connectivity index (χ4n) is 3.56. The number of halogens is 4. The Morgan fingerprint density at radius 2 is 1.71 bits per heavy atom. The highest BCUT2D eigenvalue weighted by molar-refractivity contribution is 7.90. The van der Waals surface area contributed by atoms with Gasteiger partial charge in [0.15, 0.2) is 9.84 Å². The quantitative estimate of drug-likeness (QED) is 0.553. The summed E-state index contributed by atoms with van der Waals surface area (Å²) < 4.78 is 82.1. The SMILES string of the molecule is CC(C)COc1ccc(S(C)(=O)=O)cc1C(=O)N1CCN(c2ccc(C(F)(F)F)c(F)c2)CC1. The molecule has 0 bridgehead atoms. The Morgan fingerprint density at radius 1 is 1.06 bits per heavy atom. The topological polar surface area (TPSA) is 66.9 Å². The first-order chi connectivity index (χ1) is 15.8. The summed E-state index contributed by atoms with van der Waals surface area (Å²) in [6, 6.07) is 6.90. The lowest BCUT2D eigenvalue weighted by molar-refractivity contribution is -0.139. The molecule has 0 radical (unpaired) electrons. The molecule has 0 atom stereocenters. The van der Waals surface area contributed by atoms with Crippen LogP contribution in [0.3, 0.4) is 0 Å². The summed E-state index contributed by atoms with van der Waals surface area (Å²) in [4.78, 5) is 16.4. The summed E-state index contributed by atoms with van der Waals surface area (Å²) in [6.07, 6.45) is -3.73. The molecule has 2 aromatic rings. The van der Waals surface area contributed by atoms with Crippen LogP contribution < -0.4 is 9.64 Å². The van der Waals surface area contributed by atoms with Gasteiger partial charge in [-0.25, -0.2) is 12.8 Å². The normalized spacial score (nSPS) is 15.1. The Balaban J connectivity index is 1.78. The number of ether oxygens (including phenoxy) is 1. The van der Waals surface area contributed by atoms with Crippen LogP contribution in [-0.4, -0.2) is 58.3 Å². The number of rotatable bonds is 6. The maximum Gasteiger partial charge on any atom is 0.419 e. The lowest BCUT2D eigenvalue weighted by Gasteiger charge is -2.36. The van der Waals surface area contributed by atoms with Crippen LogP contribution in [0.15, 0.2) is 41.3 Å². The van der Waals surface area contributed by atoms with Crippen LogP contribution in [0.2, 0.25) is 0 Å². The number of nitrogens with zero attached hydrogens (tertiary/aromatic N) is 2. The number of carbonyl (C=O) groups excluding carboxylic acids is 1. The van der Waals surface area contributed by atoms with Gasteiger partial charge < -0.3 is 14.5 Å². The molecule has 3 rings (SSSR count). The first-order valence-electron chi connectivity index (χ1n) is 10.6. The van der Waals surface area contributed by atoms with E-state index < -0.39 is 33.3 Å². The fraction of sp³-hybridized carbons (Fsp3) is 0.435. The third-order valence-electron chi connectivity index (χ3n) is 5.37. The van der Waals surface area contributed by atoms with Crippen molar-refractivity contribution >= 4 is 21.4 Å². The van der Waals surface area contributed by atoms with Crippen molar-refractivity contribution in [1.82, 2.24) is 4.90 Å². The second kappa shape index (κ2) is 9.81. The van der Waals surface area contributed by atoms with E-state index in [9.17, 15) is 30.8 Å². The van der Waals surface area contributed by atoms with E-state index in [1.54, 1.807) is 4.90 Å². The van der Waals surface area contributed by atoms with Crippen molar-refractivity contribution in [2.24, 2.45) is 5.92 Å². The van der Waals surface area contributed by atoms with Gasteiger partial charge >= 0.3 is 6.18 Å². The molecule has 0 unspecified atom stereocenters. The lowest BCUT2D eigenvalue weighted by Crippen LogP contribution is -2.49. The zero-order chi connectivity index (χ0) is 25.3. The van der Waals surface area contributed by atoms with Gasteiger partial charge in [-0.15, -0.1) is 0 Å². The molecule has 1 amide bonds. The molecule has 11 heteroatoms. The summed E-state index contributed by atoms with van der Waals surface area (Å²) in [7, 11) is -3.55. The monoisotopic (exact) mass is 502 g/mol. The van der Waals surface area contributed by atoms with Gasteiger partial charge in [-0.2, -0.15) is 13.2 Å². The summed E-state index contributed by atoms with van der Waals surface area (Å²) in [5.74, 6) is -1.31. The number of hydrogen-bond acceptors (Lipinski definition) is 5. The van der Waals surface area contributed by atoms with Crippen molar-refractivity contribution in [3.05, 3.63) is 53.3 Å². The summed E-state index contributed by atoms with van der Waals surface area (Å²) in [5.41, 5.74) is -0.917. The highest BCUT2D eigenvalue weighted by Crippen LogP contribution is 2.33. The molecule has 1 saturated heterocycles. The largest absolute Gasteiger partial charge is 0.492 e. The van der Waals surface area contributed by atoms with Crippen molar-refractivity contribution in [3.63, 3.8) is 0 Å². The number of benzene rings is 2. The zero-order valence-corrected chi connectivity index (χ0v) is 19.8. The van der Waals surface area contributed by atoms with Gasteiger partial charge in [0, 0.05) is 38.1 Å². The Bertz CT molecular complexity index is 1160. The molecule has 1 aliphatic rings. The second-order valence-corrected chi connectivity index (χ2v) is 10.6. The third kappa shape index (κ3) is 5.99. The maximum atomic E-state index is 14.0. The summed E-state index contributed by atoms with van der Waals surface area (Å²) in [6.45, 7) is 5.19. The highest BCUT2D eigenvalue weighted by atomic mass is 32.2. The summed E-state index contributed by atoms with van der Waals surface area (Å²) in [5, 5.41) is 0. The van der Waals surface area contributed by atoms with E-state index in [1.807, 2.05) is 13.8 Å². The van der Waals surface area contributed by atoms with Gasteiger partial charge in [-0.3, -0.25) is 4.79 Å². The van der Waals surface area contributed by atoms with Crippen LogP contribution in [0.5, 0.6) is 5.75 Å². The van der Waals surface area contributed by atoms with Crippen molar-refractivity contribution in [2.75, 3.05) is 43.9 Å². The van der Waals surface area contributed by atoms with Gasteiger partial charge in [-0.1, -0.05) is 13.8 Å². The molecule has 186 valence electrons. The number of alkyl halides is 3. The van der Waals surface area contributed by atoms with Crippen LogP contribution >= 0.6 is 0 Å². The average Bonchev–Trinajstić information content (AvgIpc) is 2.75. The van der Waals surface area contributed by atoms with E-state index in [2.05, 4.69) is 0 Å². The Labute approximate surface area is 196 Å². The van der Waals surface area contributed by atoms with E-state index in [1.165, 1.54) is 29.2 Å². The first-order valence-corrected chi connectivity index (χ1v) is 12.5. The predicted molar refractivity (Wildman–Crippen MR) is 119 cm³/mol. The number of carbonyl (C=O) groups is 1. The highest BCUT2D eigenvalue weighted by Gasteiger charge is 2.34. The molecule has 0 N–H and O–H groups in total. The third-order valence-corrected chi connectivity index (χ3v) is 6.48. The van der Waals surface area contributed by atoms with Crippen LogP contribution in [0.25, 0.3) is 0 Å². The predicted octanol–water partition coefficient (Wildman–Crippen LogP) is 4.25. The molecule has 0 aliphatic carbocycles. The van der Waals surface area contributed by atoms with Crippen molar-refractivity contribution in [1.29, 1.82) is 0 Å².